The molecule has 2 fully saturated rings. The van der Waals surface area contributed by atoms with Gasteiger partial charge in [-0.15, -0.1) is 0 Å². The lowest BCUT2D eigenvalue weighted by molar-refractivity contribution is -0.170. The minimum absolute atomic E-state index is 0.151. The van der Waals surface area contributed by atoms with Crippen molar-refractivity contribution >= 4 is 28.8 Å². The van der Waals surface area contributed by atoms with E-state index in [-0.39, 0.29) is 5.54 Å². The maximum Gasteiger partial charge on any atom is 0.336 e. The van der Waals surface area contributed by atoms with Crippen molar-refractivity contribution in [3.63, 3.8) is 0 Å². The van der Waals surface area contributed by atoms with Crippen molar-refractivity contribution in [3.8, 4) is 0 Å². The molecule has 3 aromatic rings. The van der Waals surface area contributed by atoms with Crippen LogP contribution in [0.15, 0.2) is 54.6 Å². The highest BCUT2D eigenvalue weighted by Gasteiger charge is 2.41. The van der Waals surface area contributed by atoms with Gasteiger partial charge in [-0.2, -0.15) is 0 Å². The molecule has 11 nitrogen and oxygen atoms in total. The van der Waals surface area contributed by atoms with E-state index in [1.54, 1.807) is 5.56 Å². The Morgan fingerprint density at radius 1 is 0.933 bits per heavy atom. The molecule has 0 atom stereocenters. The van der Waals surface area contributed by atoms with E-state index in [0.717, 1.165) is 39.3 Å². The molecule has 0 spiro atoms. The summed E-state index contributed by atoms with van der Waals surface area (Å²) >= 11 is 0. The number of H-pyrrole nitrogens is 1. The Balaban J connectivity index is 0.000000302. The molecule has 1 aliphatic heterocycles. The van der Waals surface area contributed by atoms with Crippen molar-refractivity contribution in [1.29, 1.82) is 0 Å². The van der Waals surface area contributed by atoms with Gasteiger partial charge in [0.25, 0.3) is 0 Å². The first kappa shape index (κ1) is 34.1. The highest BCUT2D eigenvalue weighted by atomic mass is 16.5. The molecule has 2 heterocycles. The van der Waals surface area contributed by atoms with E-state index in [9.17, 15) is 14.4 Å². The SMILES string of the molecule is CN(C)C1(c2ccccc2)CCC(c2[nH]c3ccccc3c2CCN2CCOCC2)CC1.O=C(O)CC(O)(CC(=O)O)C(=O)O. The lowest BCUT2D eigenvalue weighted by Crippen LogP contribution is -2.44. The Hall–Kier alpha value is -3.77. The van der Waals surface area contributed by atoms with Crippen molar-refractivity contribution < 1.29 is 39.5 Å². The summed E-state index contributed by atoms with van der Waals surface area (Å²) in [5.41, 5.74) is 3.23. The summed E-state index contributed by atoms with van der Waals surface area (Å²) in [6.45, 7) is 4.98. The predicted molar refractivity (Wildman–Crippen MR) is 169 cm³/mol. The largest absolute Gasteiger partial charge is 0.481 e. The second-order valence-electron chi connectivity index (χ2n) is 12.3. The second kappa shape index (κ2) is 15.0. The number of aliphatic hydroxyl groups is 1. The van der Waals surface area contributed by atoms with Gasteiger partial charge < -0.3 is 30.1 Å². The number of ether oxygens (including phenoxy) is 1. The summed E-state index contributed by atoms with van der Waals surface area (Å²) in [6, 6.07) is 20.0. The molecule has 0 radical (unpaired) electrons. The molecule has 0 bridgehead atoms. The third-order valence-corrected chi connectivity index (χ3v) is 9.30. The monoisotopic (exact) mass is 623 g/mol. The highest BCUT2D eigenvalue weighted by molar-refractivity contribution is 5.88. The number of carboxylic acids is 3. The standard InChI is InChI=1S/C28H37N3O.C6H8O7/c1-30(2)28(23-8-4-3-5-9-23)15-12-22(13-16-28)27-25(14-17-31-18-20-32-21-19-31)24-10-6-7-11-26(24)29-27;7-3(8)1-6(13,5(11)12)2-4(9)10/h3-11,22,29H,12-21H2,1-2H3;13H,1-2H2,(H,7,8)(H,9,10)(H,11,12). The third kappa shape index (κ3) is 8.29. The van der Waals surface area contributed by atoms with Crippen LogP contribution < -0.4 is 0 Å². The number of nitrogens with one attached hydrogen (secondary N) is 1. The molecular weight excluding hydrogens is 578 g/mol. The number of benzene rings is 2. The fourth-order valence-corrected chi connectivity index (χ4v) is 6.77. The molecule has 1 saturated heterocycles. The fraction of sp³-hybridized carbons (Fsp3) is 0.500. The van der Waals surface area contributed by atoms with Crippen molar-refractivity contribution in [2.75, 3.05) is 46.9 Å². The van der Waals surface area contributed by atoms with E-state index < -0.39 is 36.4 Å². The molecule has 0 unspecified atom stereocenters. The number of fused-ring (bicyclic) bond motifs is 1. The number of aliphatic carboxylic acids is 3. The molecule has 1 aliphatic carbocycles. The smallest absolute Gasteiger partial charge is 0.336 e. The molecule has 5 N–H and O–H groups in total. The van der Waals surface area contributed by atoms with E-state index in [1.807, 2.05) is 0 Å². The maximum absolute atomic E-state index is 10.3. The van der Waals surface area contributed by atoms with Crippen LogP contribution >= 0.6 is 0 Å². The second-order valence-corrected chi connectivity index (χ2v) is 12.3. The van der Waals surface area contributed by atoms with Crippen LogP contribution in [0, 0.1) is 0 Å². The lowest BCUT2D eigenvalue weighted by atomic mass is 9.70. The quantitative estimate of drug-likeness (QED) is 0.212. The van der Waals surface area contributed by atoms with Crippen LogP contribution in [0.4, 0.5) is 0 Å². The van der Waals surface area contributed by atoms with E-state index >= 15 is 0 Å². The summed E-state index contributed by atoms with van der Waals surface area (Å²) in [6.07, 6.45) is 3.69. The average molecular weight is 624 g/mol. The summed E-state index contributed by atoms with van der Waals surface area (Å²) in [5, 5.41) is 35.2. The Morgan fingerprint density at radius 3 is 2.07 bits per heavy atom. The van der Waals surface area contributed by atoms with Crippen LogP contribution in [-0.4, -0.2) is 106 Å². The number of nitrogens with zero attached hydrogens (tertiary/aromatic N) is 2. The molecule has 45 heavy (non-hydrogen) atoms. The first-order chi connectivity index (χ1) is 21.4. The first-order valence-electron chi connectivity index (χ1n) is 15.5. The van der Waals surface area contributed by atoms with Crippen LogP contribution in [0.5, 0.6) is 0 Å². The molecule has 2 aliphatic rings. The number of carbonyl (C=O) groups is 3. The molecule has 244 valence electrons. The topological polar surface area (TPSA) is 164 Å². The van der Waals surface area contributed by atoms with Gasteiger partial charge in [0.05, 0.1) is 26.1 Å². The van der Waals surface area contributed by atoms with Crippen molar-refractivity contribution in [1.82, 2.24) is 14.8 Å². The Kier molecular flexibility index (Phi) is 11.4. The number of rotatable bonds is 11. The van der Waals surface area contributed by atoms with E-state index in [1.165, 1.54) is 47.8 Å². The summed E-state index contributed by atoms with van der Waals surface area (Å²) in [5.74, 6) is -4.41. The van der Waals surface area contributed by atoms with Crippen LogP contribution in [0.1, 0.15) is 61.3 Å². The normalized spacial score (nSPS) is 20.8. The number of hydrogen-bond donors (Lipinski definition) is 5. The number of aromatic nitrogens is 1. The zero-order chi connectivity index (χ0) is 32.6. The van der Waals surface area contributed by atoms with Gasteiger partial charge in [-0.3, -0.25) is 19.4 Å². The van der Waals surface area contributed by atoms with Gasteiger partial charge in [0.2, 0.25) is 0 Å². The van der Waals surface area contributed by atoms with Gasteiger partial charge in [-0.25, -0.2) is 4.79 Å². The number of morpholine rings is 1. The summed E-state index contributed by atoms with van der Waals surface area (Å²) in [7, 11) is 4.51. The van der Waals surface area contributed by atoms with Crippen LogP contribution in [0.2, 0.25) is 0 Å². The van der Waals surface area contributed by atoms with E-state index in [4.69, 9.17) is 25.2 Å². The van der Waals surface area contributed by atoms with Crippen molar-refractivity contribution in [2.24, 2.45) is 0 Å². The Labute approximate surface area is 263 Å². The average Bonchev–Trinajstić information content (AvgIpc) is 3.39. The zero-order valence-electron chi connectivity index (χ0n) is 26.1. The number of aromatic amines is 1. The lowest BCUT2D eigenvalue weighted by Gasteiger charge is -2.45. The fourth-order valence-electron chi connectivity index (χ4n) is 6.77. The van der Waals surface area contributed by atoms with Gasteiger partial charge in [-0.05, 0) is 69.3 Å². The van der Waals surface area contributed by atoms with Crippen molar-refractivity contribution in [2.45, 2.75) is 62.0 Å². The molecule has 1 saturated carbocycles. The van der Waals surface area contributed by atoms with Gasteiger partial charge in [0, 0.05) is 41.8 Å². The summed E-state index contributed by atoms with van der Waals surface area (Å²) in [4.78, 5) is 39.4. The Bertz CT molecular complexity index is 1420. The molecule has 1 aromatic heterocycles. The van der Waals surface area contributed by atoms with Gasteiger partial charge in [-0.1, -0.05) is 48.5 Å². The number of para-hydroxylation sites is 1. The minimum Gasteiger partial charge on any atom is -0.481 e. The first-order valence-corrected chi connectivity index (χ1v) is 15.5. The van der Waals surface area contributed by atoms with Crippen LogP contribution in [0.25, 0.3) is 10.9 Å². The van der Waals surface area contributed by atoms with Gasteiger partial charge >= 0.3 is 17.9 Å². The number of hydrogen-bond acceptors (Lipinski definition) is 7. The van der Waals surface area contributed by atoms with Crippen LogP contribution in [0.3, 0.4) is 0 Å². The molecule has 5 rings (SSSR count). The van der Waals surface area contributed by atoms with Gasteiger partial charge in [0.1, 0.15) is 0 Å². The molecule has 11 heteroatoms. The molecule has 0 amide bonds. The van der Waals surface area contributed by atoms with E-state index in [0.29, 0.717) is 5.92 Å². The molecular formula is C34H45N3O8. The Morgan fingerprint density at radius 2 is 1.51 bits per heavy atom. The number of carboxylic acid groups (broad SMARTS) is 3. The maximum atomic E-state index is 10.3. The minimum atomic E-state index is -2.74. The predicted octanol–water partition coefficient (Wildman–Crippen LogP) is 3.91. The van der Waals surface area contributed by atoms with E-state index in [2.05, 4.69) is 83.5 Å². The zero-order valence-corrected chi connectivity index (χ0v) is 26.1. The van der Waals surface area contributed by atoms with Gasteiger partial charge in [0.15, 0.2) is 5.60 Å². The third-order valence-electron chi connectivity index (χ3n) is 9.30. The van der Waals surface area contributed by atoms with Crippen molar-refractivity contribution in [3.05, 3.63) is 71.4 Å². The summed E-state index contributed by atoms with van der Waals surface area (Å²) < 4.78 is 5.55. The highest BCUT2D eigenvalue weighted by Crippen LogP contribution is 2.47. The van der Waals surface area contributed by atoms with Crippen LogP contribution in [-0.2, 0) is 31.1 Å². The molecule has 2 aromatic carbocycles.